The Balaban J connectivity index is 1.63. The molecule has 1 fully saturated rings. The van der Waals surface area contributed by atoms with Crippen molar-refractivity contribution in [3.05, 3.63) is 30.0 Å². The summed E-state index contributed by atoms with van der Waals surface area (Å²) in [4.78, 5) is 12.4. The summed E-state index contributed by atoms with van der Waals surface area (Å²) in [5.74, 6) is 0.853. The molecule has 0 saturated heterocycles. The van der Waals surface area contributed by atoms with Gasteiger partial charge in [-0.3, -0.25) is 4.79 Å². The molecule has 1 aromatic heterocycles. The molecule has 1 heterocycles. The summed E-state index contributed by atoms with van der Waals surface area (Å²) in [5.41, 5.74) is 1.70. The van der Waals surface area contributed by atoms with Gasteiger partial charge < -0.3 is 14.5 Å². The lowest BCUT2D eigenvalue weighted by Gasteiger charge is -2.20. The van der Waals surface area contributed by atoms with E-state index in [4.69, 9.17) is 9.15 Å². The van der Waals surface area contributed by atoms with E-state index in [9.17, 15) is 4.79 Å². The number of benzene rings is 1. The molecule has 0 aliphatic heterocycles. The summed E-state index contributed by atoms with van der Waals surface area (Å²) in [7, 11) is 1.63. The maximum absolute atomic E-state index is 12.4. The quantitative estimate of drug-likeness (QED) is 0.919. The molecule has 124 valence electrons. The van der Waals surface area contributed by atoms with Gasteiger partial charge in [-0.1, -0.05) is 32.1 Å². The van der Waals surface area contributed by atoms with E-state index in [1.165, 1.54) is 32.1 Å². The molecule has 1 amide bonds. The standard InChI is InChI=1S/C19H25NO3/c1-22-16-9-10-17-14(13-23-18(17)12-16)11-19(21)20-15-7-5-3-2-4-6-8-15/h9-10,12-13,15H,2-8,11H2,1H3,(H,20,21). The Labute approximate surface area is 137 Å². The third-order valence-electron chi connectivity index (χ3n) is 4.68. The fourth-order valence-electron chi connectivity index (χ4n) is 3.38. The van der Waals surface area contributed by atoms with Crippen LogP contribution < -0.4 is 10.1 Å². The molecule has 0 radical (unpaired) electrons. The van der Waals surface area contributed by atoms with Crippen LogP contribution in [0.15, 0.2) is 28.9 Å². The molecule has 1 N–H and O–H groups in total. The van der Waals surface area contributed by atoms with E-state index in [1.807, 2.05) is 18.2 Å². The fraction of sp³-hybridized carbons (Fsp3) is 0.526. The lowest BCUT2D eigenvalue weighted by molar-refractivity contribution is -0.121. The maximum atomic E-state index is 12.4. The number of amides is 1. The zero-order valence-corrected chi connectivity index (χ0v) is 13.8. The SMILES string of the molecule is COc1ccc2c(CC(=O)NC3CCCCCCC3)coc2c1. The molecule has 1 aromatic carbocycles. The van der Waals surface area contributed by atoms with Gasteiger partial charge in [0.05, 0.1) is 19.8 Å². The summed E-state index contributed by atoms with van der Waals surface area (Å²) in [5, 5.41) is 4.19. The summed E-state index contributed by atoms with van der Waals surface area (Å²) in [6.45, 7) is 0. The van der Waals surface area contributed by atoms with Crippen LogP contribution in [0.5, 0.6) is 5.75 Å². The minimum Gasteiger partial charge on any atom is -0.497 e. The molecule has 0 atom stereocenters. The average molecular weight is 315 g/mol. The van der Waals surface area contributed by atoms with Crippen LogP contribution >= 0.6 is 0 Å². The van der Waals surface area contributed by atoms with Crippen LogP contribution in [-0.4, -0.2) is 19.1 Å². The van der Waals surface area contributed by atoms with E-state index in [0.29, 0.717) is 12.5 Å². The lowest BCUT2D eigenvalue weighted by atomic mass is 9.96. The van der Waals surface area contributed by atoms with Crippen molar-refractivity contribution in [1.82, 2.24) is 5.32 Å². The normalized spacial score (nSPS) is 16.7. The summed E-state index contributed by atoms with van der Waals surface area (Å²) < 4.78 is 10.8. The molecule has 0 unspecified atom stereocenters. The molecule has 23 heavy (non-hydrogen) atoms. The van der Waals surface area contributed by atoms with Gasteiger partial charge >= 0.3 is 0 Å². The predicted octanol–water partition coefficient (Wildman–Crippen LogP) is 4.21. The number of methoxy groups -OCH3 is 1. The van der Waals surface area contributed by atoms with Crippen LogP contribution in [0, 0.1) is 0 Å². The highest BCUT2D eigenvalue weighted by atomic mass is 16.5. The van der Waals surface area contributed by atoms with Crippen molar-refractivity contribution >= 4 is 16.9 Å². The highest BCUT2D eigenvalue weighted by Crippen LogP contribution is 2.26. The van der Waals surface area contributed by atoms with Crippen molar-refractivity contribution in [3.63, 3.8) is 0 Å². The van der Waals surface area contributed by atoms with Crippen LogP contribution in [-0.2, 0) is 11.2 Å². The Morgan fingerprint density at radius 2 is 1.96 bits per heavy atom. The first-order valence-corrected chi connectivity index (χ1v) is 8.60. The minimum atomic E-state index is 0.0918. The van der Waals surface area contributed by atoms with Crippen molar-refractivity contribution in [2.45, 2.75) is 57.4 Å². The first kappa shape index (κ1) is 15.9. The average Bonchev–Trinajstić information content (AvgIpc) is 2.92. The van der Waals surface area contributed by atoms with Gasteiger partial charge in [0, 0.05) is 23.1 Å². The second-order valence-electron chi connectivity index (χ2n) is 6.41. The van der Waals surface area contributed by atoms with Gasteiger partial charge in [0.25, 0.3) is 0 Å². The first-order valence-electron chi connectivity index (χ1n) is 8.60. The Morgan fingerprint density at radius 1 is 1.22 bits per heavy atom. The number of fused-ring (bicyclic) bond motifs is 1. The summed E-state index contributed by atoms with van der Waals surface area (Å²) in [6.07, 6.45) is 10.6. The maximum Gasteiger partial charge on any atom is 0.224 e. The van der Waals surface area contributed by atoms with Crippen molar-refractivity contribution in [1.29, 1.82) is 0 Å². The highest BCUT2D eigenvalue weighted by Gasteiger charge is 2.16. The van der Waals surface area contributed by atoms with E-state index >= 15 is 0 Å². The summed E-state index contributed by atoms with van der Waals surface area (Å²) >= 11 is 0. The number of nitrogens with one attached hydrogen (secondary N) is 1. The van der Waals surface area contributed by atoms with E-state index < -0.39 is 0 Å². The Bertz CT molecular complexity index is 654. The summed E-state index contributed by atoms with van der Waals surface area (Å²) in [6, 6.07) is 6.04. The molecular formula is C19H25NO3. The smallest absolute Gasteiger partial charge is 0.224 e. The molecule has 4 nitrogen and oxygen atoms in total. The van der Waals surface area contributed by atoms with Crippen molar-refractivity contribution < 1.29 is 13.9 Å². The number of ether oxygens (including phenoxy) is 1. The van der Waals surface area contributed by atoms with Gasteiger partial charge in [0.1, 0.15) is 11.3 Å². The first-order chi connectivity index (χ1) is 11.3. The monoisotopic (exact) mass is 315 g/mol. The molecule has 1 aliphatic rings. The van der Waals surface area contributed by atoms with Gasteiger partial charge in [-0.2, -0.15) is 0 Å². The van der Waals surface area contributed by atoms with E-state index in [0.717, 1.165) is 35.1 Å². The molecule has 1 saturated carbocycles. The largest absolute Gasteiger partial charge is 0.497 e. The number of furan rings is 1. The highest BCUT2D eigenvalue weighted by molar-refractivity contribution is 5.88. The second-order valence-corrected chi connectivity index (χ2v) is 6.41. The lowest BCUT2D eigenvalue weighted by Crippen LogP contribution is -2.36. The van der Waals surface area contributed by atoms with Gasteiger partial charge in [-0.25, -0.2) is 0 Å². The fourth-order valence-corrected chi connectivity index (χ4v) is 3.38. The van der Waals surface area contributed by atoms with Crippen molar-refractivity contribution in [2.75, 3.05) is 7.11 Å². The molecule has 4 heteroatoms. The van der Waals surface area contributed by atoms with Crippen LogP contribution in [0.25, 0.3) is 11.0 Å². The van der Waals surface area contributed by atoms with Crippen LogP contribution in [0.2, 0.25) is 0 Å². The van der Waals surface area contributed by atoms with E-state index in [1.54, 1.807) is 13.4 Å². The number of carbonyl (C=O) groups is 1. The Morgan fingerprint density at radius 3 is 2.70 bits per heavy atom. The van der Waals surface area contributed by atoms with Gasteiger partial charge in [0.15, 0.2) is 0 Å². The van der Waals surface area contributed by atoms with Gasteiger partial charge in [-0.15, -0.1) is 0 Å². The zero-order chi connectivity index (χ0) is 16.1. The van der Waals surface area contributed by atoms with Crippen molar-refractivity contribution in [3.8, 4) is 5.75 Å². The number of carbonyl (C=O) groups excluding carboxylic acids is 1. The third kappa shape index (κ3) is 4.06. The number of rotatable bonds is 4. The molecular weight excluding hydrogens is 290 g/mol. The number of hydrogen-bond donors (Lipinski definition) is 1. The van der Waals surface area contributed by atoms with Gasteiger partial charge in [-0.05, 0) is 25.0 Å². The Kier molecular flexibility index (Phi) is 5.21. The van der Waals surface area contributed by atoms with E-state index in [-0.39, 0.29) is 5.91 Å². The molecule has 1 aliphatic carbocycles. The van der Waals surface area contributed by atoms with Crippen LogP contribution in [0.1, 0.15) is 50.5 Å². The Hall–Kier alpha value is -1.97. The minimum absolute atomic E-state index is 0.0918. The molecule has 2 aromatic rings. The topological polar surface area (TPSA) is 51.5 Å². The third-order valence-corrected chi connectivity index (χ3v) is 4.68. The predicted molar refractivity (Wildman–Crippen MR) is 90.7 cm³/mol. The zero-order valence-electron chi connectivity index (χ0n) is 13.8. The van der Waals surface area contributed by atoms with Crippen molar-refractivity contribution in [2.24, 2.45) is 0 Å². The molecule has 0 bridgehead atoms. The van der Waals surface area contributed by atoms with Crippen LogP contribution in [0.3, 0.4) is 0 Å². The van der Waals surface area contributed by atoms with E-state index in [2.05, 4.69) is 5.32 Å². The van der Waals surface area contributed by atoms with Crippen LogP contribution in [0.4, 0.5) is 0 Å². The molecule has 0 spiro atoms. The number of hydrogen-bond acceptors (Lipinski definition) is 3. The molecule has 3 rings (SSSR count). The van der Waals surface area contributed by atoms with Gasteiger partial charge in [0.2, 0.25) is 5.91 Å². The second kappa shape index (κ2) is 7.53.